The van der Waals surface area contributed by atoms with Crippen molar-refractivity contribution < 1.29 is 13.2 Å². The summed E-state index contributed by atoms with van der Waals surface area (Å²) in [4.78, 5) is 0. The molecule has 1 nitrogen and oxygen atoms in total. The maximum absolute atomic E-state index is 12.9. The van der Waals surface area contributed by atoms with Gasteiger partial charge < -0.3 is 4.43 Å². The molecule has 0 atom stereocenters. The van der Waals surface area contributed by atoms with Crippen LogP contribution in [-0.4, -0.2) is 26.2 Å². The van der Waals surface area contributed by atoms with Crippen LogP contribution in [-0.2, 0) is 4.43 Å². The van der Waals surface area contributed by atoms with Gasteiger partial charge in [0.25, 0.3) is 5.92 Å². The van der Waals surface area contributed by atoms with Crippen molar-refractivity contribution >= 4 is 24.2 Å². The molecular formula is C9H19BrF2OSi. The fraction of sp³-hybridized carbons (Fsp3) is 1.00. The summed E-state index contributed by atoms with van der Waals surface area (Å²) < 4.78 is 31.3. The van der Waals surface area contributed by atoms with Gasteiger partial charge >= 0.3 is 0 Å². The third-order valence-corrected chi connectivity index (χ3v) is 7.94. The highest BCUT2D eigenvalue weighted by Crippen LogP contribution is 2.37. The molecule has 0 bridgehead atoms. The quantitative estimate of drug-likeness (QED) is 0.560. The molecule has 0 aliphatic rings. The number of rotatable bonds is 4. The van der Waals surface area contributed by atoms with E-state index in [1.54, 1.807) is 0 Å². The highest BCUT2D eigenvalue weighted by molar-refractivity contribution is 9.09. The highest BCUT2D eigenvalue weighted by atomic mass is 79.9. The summed E-state index contributed by atoms with van der Waals surface area (Å²) in [5.41, 5.74) is 0. The van der Waals surface area contributed by atoms with E-state index in [0.717, 1.165) is 0 Å². The van der Waals surface area contributed by atoms with Gasteiger partial charge in [-0.05, 0) is 18.1 Å². The number of alkyl halides is 3. The Labute approximate surface area is 94.5 Å². The van der Waals surface area contributed by atoms with Crippen molar-refractivity contribution in [2.75, 3.05) is 11.9 Å². The van der Waals surface area contributed by atoms with Gasteiger partial charge in [-0.3, -0.25) is 0 Å². The summed E-state index contributed by atoms with van der Waals surface area (Å²) in [6.45, 7) is 9.56. The van der Waals surface area contributed by atoms with E-state index < -0.39 is 20.8 Å². The Morgan fingerprint density at radius 3 is 1.93 bits per heavy atom. The molecule has 0 amide bonds. The van der Waals surface area contributed by atoms with Crippen molar-refractivity contribution in [3.8, 4) is 0 Å². The predicted octanol–water partition coefficient (Wildman–Crippen LogP) is 4.04. The summed E-state index contributed by atoms with van der Waals surface area (Å²) >= 11 is 2.77. The predicted molar refractivity (Wildman–Crippen MR) is 61.9 cm³/mol. The largest absolute Gasteiger partial charge is 0.411 e. The molecule has 0 heterocycles. The second kappa shape index (κ2) is 4.57. The van der Waals surface area contributed by atoms with Crippen molar-refractivity contribution in [1.29, 1.82) is 0 Å². The van der Waals surface area contributed by atoms with Gasteiger partial charge in [0.1, 0.15) is 0 Å². The molecule has 86 valence electrons. The molecule has 0 unspecified atom stereocenters. The topological polar surface area (TPSA) is 9.23 Å². The Kier molecular flexibility index (Phi) is 4.74. The second-order valence-corrected chi connectivity index (χ2v) is 10.4. The molecular weight excluding hydrogens is 270 g/mol. The standard InChI is InChI=1S/C9H19BrF2OSi/c1-8(2,3)14(4,5)13-7-9(11,12)6-10/h6-7H2,1-5H3. The highest BCUT2D eigenvalue weighted by Gasteiger charge is 2.40. The van der Waals surface area contributed by atoms with Gasteiger partial charge in [0.05, 0.1) is 11.9 Å². The van der Waals surface area contributed by atoms with Crippen molar-refractivity contribution in [1.82, 2.24) is 0 Å². The fourth-order valence-electron chi connectivity index (χ4n) is 0.541. The lowest BCUT2D eigenvalue weighted by Crippen LogP contribution is -2.44. The van der Waals surface area contributed by atoms with Crippen LogP contribution in [0.4, 0.5) is 8.78 Å². The number of halogens is 3. The van der Waals surface area contributed by atoms with Crippen LogP contribution in [0.15, 0.2) is 0 Å². The van der Waals surface area contributed by atoms with Gasteiger partial charge in [0.2, 0.25) is 0 Å². The smallest absolute Gasteiger partial charge is 0.279 e. The van der Waals surface area contributed by atoms with Gasteiger partial charge in [0, 0.05) is 0 Å². The summed E-state index contributed by atoms with van der Waals surface area (Å²) in [7, 11) is -2.03. The van der Waals surface area contributed by atoms with Crippen LogP contribution in [0.5, 0.6) is 0 Å². The Balaban J connectivity index is 4.27. The molecule has 0 aromatic heterocycles. The molecule has 0 aliphatic carbocycles. The Bertz CT molecular complexity index is 190. The van der Waals surface area contributed by atoms with Gasteiger partial charge in [-0.25, -0.2) is 8.78 Å². The van der Waals surface area contributed by atoms with Crippen molar-refractivity contribution in [3.05, 3.63) is 0 Å². The second-order valence-electron chi connectivity index (χ2n) is 5.04. The zero-order chi connectivity index (χ0) is 11.6. The summed E-state index contributed by atoms with van der Waals surface area (Å²) in [5, 5.41) is -0.357. The molecule has 0 rings (SSSR count). The minimum atomic E-state index is -2.75. The molecule has 0 spiro atoms. The van der Waals surface area contributed by atoms with Crippen molar-refractivity contribution in [2.45, 2.75) is 44.8 Å². The minimum absolute atomic E-state index is 0.0185. The van der Waals surface area contributed by atoms with E-state index in [-0.39, 0.29) is 10.4 Å². The summed E-state index contributed by atoms with van der Waals surface area (Å²) in [5.74, 6) is -2.75. The molecule has 0 saturated heterocycles. The van der Waals surface area contributed by atoms with Gasteiger partial charge in [-0.2, -0.15) is 0 Å². The molecule has 0 aromatic carbocycles. The summed E-state index contributed by atoms with van der Waals surface area (Å²) in [6, 6.07) is 0. The zero-order valence-corrected chi connectivity index (χ0v) is 12.0. The van der Waals surface area contributed by atoms with Crippen LogP contribution in [0.25, 0.3) is 0 Å². The van der Waals surface area contributed by atoms with E-state index in [0.29, 0.717) is 0 Å². The lowest BCUT2D eigenvalue weighted by atomic mass is 10.2. The lowest BCUT2D eigenvalue weighted by molar-refractivity contribution is -0.0217. The molecule has 0 aliphatic heterocycles. The maximum Gasteiger partial charge on any atom is 0.279 e. The van der Waals surface area contributed by atoms with E-state index in [1.807, 2.05) is 33.9 Å². The van der Waals surface area contributed by atoms with Crippen LogP contribution in [0.2, 0.25) is 18.1 Å². The normalized spacial score (nSPS) is 14.6. The Morgan fingerprint density at radius 2 is 1.64 bits per heavy atom. The zero-order valence-electron chi connectivity index (χ0n) is 9.46. The van der Waals surface area contributed by atoms with Gasteiger partial charge in [-0.15, -0.1) is 0 Å². The number of hydrogen-bond donors (Lipinski definition) is 0. The molecule has 0 aromatic rings. The first-order chi connectivity index (χ1) is 6.02. The molecule has 0 N–H and O–H groups in total. The fourth-order valence-corrected chi connectivity index (χ4v) is 1.71. The van der Waals surface area contributed by atoms with E-state index in [1.165, 1.54) is 0 Å². The first kappa shape index (κ1) is 14.5. The molecule has 0 saturated carbocycles. The van der Waals surface area contributed by atoms with E-state index >= 15 is 0 Å². The summed E-state index contributed by atoms with van der Waals surface area (Å²) in [6.07, 6.45) is 0. The monoisotopic (exact) mass is 288 g/mol. The first-order valence-electron chi connectivity index (χ1n) is 4.60. The lowest BCUT2D eigenvalue weighted by Gasteiger charge is -2.37. The van der Waals surface area contributed by atoms with Crippen LogP contribution >= 0.6 is 15.9 Å². The first-order valence-corrected chi connectivity index (χ1v) is 8.62. The third kappa shape index (κ3) is 4.36. The Hall–Kier alpha value is 0.517. The van der Waals surface area contributed by atoms with Gasteiger partial charge in [-0.1, -0.05) is 36.7 Å². The van der Waals surface area contributed by atoms with Crippen LogP contribution < -0.4 is 0 Å². The Morgan fingerprint density at radius 1 is 1.21 bits per heavy atom. The number of hydrogen-bond acceptors (Lipinski definition) is 1. The molecule has 0 radical (unpaired) electrons. The SMILES string of the molecule is CC(C)(C)[Si](C)(C)OCC(F)(F)CBr. The van der Waals surface area contributed by atoms with Crippen LogP contribution in [0.1, 0.15) is 20.8 Å². The maximum atomic E-state index is 12.9. The third-order valence-electron chi connectivity index (χ3n) is 2.65. The molecule has 14 heavy (non-hydrogen) atoms. The van der Waals surface area contributed by atoms with Gasteiger partial charge in [0.15, 0.2) is 8.32 Å². The van der Waals surface area contributed by atoms with Crippen LogP contribution in [0, 0.1) is 0 Å². The van der Waals surface area contributed by atoms with E-state index in [2.05, 4.69) is 15.9 Å². The molecule has 0 fully saturated rings. The van der Waals surface area contributed by atoms with E-state index in [4.69, 9.17) is 4.43 Å². The van der Waals surface area contributed by atoms with Crippen molar-refractivity contribution in [3.63, 3.8) is 0 Å². The van der Waals surface area contributed by atoms with Crippen molar-refractivity contribution in [2.24, 2.45) is 0 Å². The van der Waals surface area contributed by atoms with Crippen LogP contribution in [0.3, 0.4) is 0 Å². The van der Waals surface area contributed by atoms with E-state index in [9.17, 15) is 8.78 Å². The molecule has 5 heteroatoms. The average Bonchev–Trinajstić information content (AvgIpc) is 1.99. The minimum Gasteiger partial charge on any atom is -0.411 e. The average molecular weight is 289 g/mol.